The van der Waals surface area contributed by atoms with Gasteiger partial charge in [-0.3, -0.25) is 14.8 Å². The highest BCUT2D eigenvalue weighted by Crippen LogP contribution is 2.11. The molecule has 0 bridgehead atoms. The van der Waals surface area contributed by atoms with Crippen molar-refractivity contribution >= 4 is 11.6 Å². The molecule has 120 valence electrons. The van der Waals surface area contributed by atoms with Crippen LogP contribution in [0.1, 0.15) is 21.5 Å². The summed E-state index contributed by atoms with van der Waals surface area (Å²) in [7, 11) is 0. The molecule has 0 saturated heterocycles. The van der Waals surface area contributed by atoms with Gasteiger partial charge in [-0.2, -0.15) is 0 Å². The lowest BCUT2D eigenvalue weighted by Gasteiger charge is -2.09. The minimum Gasteiger partial charge on any atom is -0.380 e. The fourth-order valence-corrected chi connectivity index (χ4v) is 2.25. The number of nitrogens with zero attached hydrogens (tertiary/aromatic N) is 2. The van der Waals surface area contributed by atoms with Crippen molar-refractivity contribution in [2.75, 3.05) is 5.32 Å². The minimum atomic E-state index is -0.150. The van der Waals surface area contributed by atoms with Gasteiger partial charge in [0, 0.05) is 37.9 Å². The Bertz CT molecular complexity index is 791. The summed E-state index contributed by atoms with van der Waals surface area (Å²) in [5.41, 5.74) is 3.52. The molecule has 24 heavy (non-hydrogen) atoms. The van der Waals surface area contributed by atoms with Gasteiger partial charge in [0.1, 0.15) is 0 Å². The molecule has 0 aliphatic rings. The zero-order valence-electron chi connectivity index (χ0n) is 13.1. The van der Waals surface area contributed by atoms with Crippen LogP contribution in [0.25, 0.3) is 0 Å². The van der Waals surface area contributed by atoms with Gasteiger partial charge in [-0.05, 0) is 29.3 Å². The third kappa shape index (κ3) is 4.39. The van der Waals surface area contributed by atoms with Crippen molar-refractivity contribution in [2.24, 2.45) is 0 Å². The van der Waals surface area contributed by atoms with E-state index >= 15 is 0 Å². The lowest BCUT2D eigenvalue weighted by atomic mass is 10.2. The molecule has 0 fully saturated rings. The van der Waals surface area contributed by atoms with E-state index in [9.17, 15) is 4.79 Å². The Balaban J connectivity index is 1.59. The molecular formula is C19H18N4O. The van der Waals surface area contributed by atoms with Crippen LogP contribution in [0.5, 0.6) is 0 Å². The molecule has 2 N–H and O–H groups in total. The van der Waals surface area contributed by atoms with Crippen LogP contribution in [-0.2, 0) is 13.1 Å². The van der Waals surface area contributed by atoms with E-state index in [0.29, 0.717) is 18.7 Å². The topological polar surface area (TPSA) is 66.9 Å². The van der Waals surface area contributed by atoms with E-state index in [1.54, 1.807) is 30.9 Å². The number of hydrogen-bond donors (Lipinski definition) is 2. The minimum absolute atomic E-state index is 0.150. The molecule has 5 nitrogen and oxygen atoms in total. The molecule has 0 radical (unpaired) electrons. The standard InChI is InChI=1S/C19H18N4O/c24-19(23-12-16-6-8-20-9-7-16)17-10-18(14-21-13-17)22-11-15-4-2-1-3-5-15/h1-10,13-14,22H,11-12H2,(H,23,24). The molecule has 0 saturated carbocycles. The van der Waals surface area contributed by atoms with E-state index in [0.717, 1.165) is 11.3 Å². The van der Waals surface area contributed by atoms with Gasteiger partial charge in [-0.1, -0.05) is 30.3 Å². The number of benzene rings is 1. The average Bonchev–Trinajstić information content (AvgIpc) is 2.66. The number of nitrogens with one attached hydrogen (secondary N) is 2. The van der Waals surface area contributed by atoms with Crippen molar-refractivity contribution in [3.63, 3.8) is 0 Å². The normalized spacial score (nSPS) is 10.2. The predicted octanol–water partition coefficient (Wildman–Crippen LogP) is 3.02. The summed E-state index contributed by atoms with van der Waals surface area (Å²) >= 11 is 0. The highest BCUT2D eigenvalue weighted by atomic mass is 16.1. The first-order valence-electron chi connectivity index (χ1n) is 7.71. The second kappa shape index (κ2) is 7.87. The van der Waals surface area contributed by atoms with E-state index in [-0.39, 0.29) is 5.91 Å². The third-order valence-corrected chi connectivity index (χ3v) is 3.54. The first-order chi connectivity index (χ1) is 11.8. The van der Waals surface area contributed by atoms with Crippen LogP contribution >= 0.6 is 0 Å². The maximum atomic E-state index is 12.2. The zero-order valence-corrected chi connectivity index (χ0v) is 13.1. The Morgan fingerprint density at radius 1 is 0.875 bits per heavy atom. The molecule has 0 spiro atoms. The van der Waals surface area contributed by atoms with Gasteiger partial charge in [0.15, 0.2) is 0 Å². The molecule has 5 heteroatoms. The van der Waals surface area contributed by atoms with Crippen molar-refractivity contribution in [1.82, 2.24) is 15.3 Å². The number of carbonyl (C=O) groups excluding carboxylic acids is 1. The number of anilines is 1. The van der Waals surface area contributed by atoms with Crippen LogP contribution in [0.3, 0.4) is 0 Å². The van der Waals surface area contributed by atoms with Crippen LogP contribution in [-0.4, -0.2) is 15.9 Å². The molecular weight excluding hydrogens is 300 g/mol. The van der Waals surface area contributed by atoms with Crippen molar-refractivity contribution < 1.29 is 4.79 Å². The van der Waals surface area contributed by atoms with E-state index in [4.69, 9.17) is 0 Å². The van der Waals surface area contributed by atoms with Gasteiger partial charge in [-0.25, -0.2) is 0 Å². The van der Waals surface area contributed by atoms with E-state index < -0.39 is 0 Å². The first-order valence-corrected chi connectivity index (χ1v) is 7.71. The zero-order chi connectivity index (χ0) is 16.6. The summed E-state index contributed by atoms with van der Waals surface area (Å²) in [6, 6.07) is 15.6. The van der Waals surface area contributed by atoms with Gasteiger partial charge in [-0.15, -0.1) is 0 Å². The fourth-order valence-electron chi connectivity index (χ4n) is 2.25. The van der Waals surface area contributed by atoms with Crippen molar-refractivity contribution in [1.29, 1.82) is 0 Å². The summed E-state index contributed by atoms with van der Waals surface area (Å²) in [5.74, 6) is -0.150. The second-order valence-electron chi connectivity index (χ2n) is 5.34. The van der Waals surface area contributed by atoms with Gasteiger partial charge < -0.3 is 10.6 Å². The molecule has 0 atom stereocenters. The highest BCUT2D eigenvalue weighted by Gasteiger charge is 2.07. The summed E-state index contributed by atoms with van der Waals surface area (Å²) in [4.78, 5) is 20.3. The van der Waals surface area contributed by atoms with E-state index in [2.05, 4.69) is 20.6 Å². The number of hydrogen-bond acceptors (Lipinski definition) is 4. The smallest absolute Gasteiger partial charge is 0.253 e. The lowest BCUT2D eigenvalue weighted by Crippen LogP contribution is -2.23. The van der Waals surface area contributed by atoms with Crippen LogP contribution in [0.2, 0.25) is 0 Å². The average molecular weight is 318 g/mol. The summed E-state index contributed by atoms with van der Waals surface area (Å²) in [6.07, 6.45) is 6.69. The second-order valence-corrected chi connectivity index (χ2v) is 5.34. The number of amides is 1. The third-order valence-electron chi connectivity index (χ3n) is 3.54. The van der Waals surface area contributed by atoms with Gasteiger partial charge >= 0.3 is 0 Å². The summed E-state index contributed by atoms with van der Waals surface area (Å²) in [6.45, 7) is 1.15. The number of aromatic nitrogens is 2. The highest BCUT2D eigenvalue weighted by molar-refractivity contribution is 5.94. The van der Waals surface area contributed by atoms with Crippen LogP contribution in [0.15, 0.2) is 73.3 Å². The van der Waals surface area contributed by atoms with Crippen LogP contribution in [0.4, 0.5) is 5.69 Å². The largest absolute Gasteiger partial charge is 0.380 e. The maximum Gasteiger partial charge on any atom is 0.253 e. The Morgan fingerprint density at radius 3 is 2.42 bits per heavy atom. The van der Waals surface area contributed by atoms with Crippen molar-refractivity contribution in [3.05, 3.63) is 90.0 Å². The monoisotopic (exact) mass is 318 g/mol. The molecule has 3 aromatic rings. The number of carbonyl (C=O) groups is 1. The Morgan fingerprint density at radius 2 is 1.62 bits per heavy atom. The van der Waals surface area contributed by atoms with Gasteiger partial charge in [0.25, 0.3) is 5.91 Å². The Kier molecular flexibility index (Phi) is 5.14. The van der Waals surface area contributed by atoms with Crippen LogP contribution in [0, 0.1) is 0 Å². The molecule has 0 aliphatic carbocycles. The molecule has 3 rings (SSSR count). The lowest BCUT2D eigenvalue weighted by molar-refractivity contribution is 0.0950. The van der Waals surface area contributed by atoms with Crippen molar-refractivity contribution in [2.45, 2.75) is 13.1 Å². The number of pyridine rings is 2. The Hall–Kier alpha value is -3.21. The molecule has 2 heterocycles. The fraction of sp³-hybridized carbons (Fsp3) is 0.105. The summed E-state index contributed by atoms with van der Waals surface area (Å²) in [5, 5.41) is 6.16. The Labute approximate surface area is 140 Å². The quantitative estimate of drug-likeness (QED) is 0.733. The van der Waals surface area contributed by atoms with Gasteiger partial charge in [0.2, 0.25) is 0 Å². The van der Waals surface area contributed by atoms with Crippen molar-refractivity contribution in [3.8, 4) is 0 Å². The maximum absolute atomic E-state index is 12.2. The molecule has 0 unspecified atom stereocenters. The molecule has 1 aromatic carbocycles. The molecule has 1 amide bonds. The first kappa shape index (κ1) is 15.7. The SMILES string of the molecule is O=C(NCc1ccncc1)c1cncc(NCc2ccccc2)c1. The number of rotatable bonds is 6. The van der Waals surface area contributed by atoms with E-state index in [1.807, 2.05) is 42.5 Å². The van der Waals surface area contributed by atoms with Gasteiger partial charge in [0.05, 0.1) is 11.3 Å². The summed E-state index contributed by atoms with van der Waals surface area (Å²) < 4.78 is 0. The van der Waals surface area contributed by atoms with E-state index in [1.165, 1.54) is 5.56 Å². The molecule has 0 aliphatic heterocycles. The molecule has 2 aromatic heterocycles. The van der Waals surface area contributed by atoms with Crippen LogP contribution < -0.4 is 10.6 Å². The predicted molar refractivity (Wildman–Crippen MR) is 93.4 cm³/mol.